The van der Waals surface area contributed by atoms with Crippen molar-refractivity contribution in [3.05, 3.63) is 52.9 Å². The monoisotopic (exact) mass is 485 g/mol. The second-order valence-electron chi connectivity index (χ2n) is 7.55. The molecule has 1 fully saturated rings. The van der Waals surface area contributed by atoms with Crippen LogP contribution in [0.5, 0.6) is 11.5 Å². The topological polar surface area (TPSA) is 64.0 Å². The van der Waals surface area contributed by atoms with E-state index in [4.69, 9.17) is 9.47 Å². The molecule has 1 saturated heterocycles. The lowest BCUT2D eigenvalue weighted by Gasteiger charge is -2.12. The number of amidine groups is 1. The number of aliphatic imine (C=N–C) groups is 1. The number of unbranched alkanes of at least 4 members (excludes halogenated alkanes) is 5. The molecule has 0 unspecified atom stereocenters. The number of rotatable bonds is 13. The zero-order valence-corrected chi connectivity index (χ0v) is 20.9. The minimum Gasteiger partial charge on any atom is -0.493 e. The van der Waals surface area contributed by atoms with Crippen LogP contribution < -0.4 is 9.47 Å². The van der Waals surface area contributed by atoms with Gasteiger partial charge >= 0.3 is 0 Å². The summed E-state index contributed by atoms with van der Waals surface area (Å²) in [6.45, 7) is 7.05. The highest BCUT2D eigenvalue weighted by atomic mass is 32.2. The van der Waals surface area contributed by atoms with Crippen molar-refractivity contribution in [1.82, 2.24) is 9.88 Å². The van der Waals surface area contributed by atoms with Crippen LogP contribution in [-0.2, 0) is 4.79 Å². The summed E-state index contributed by atoms with van der Waals surface area (Å²) in [6.07, 6.45) is 12.6. The Balaban J connectivity index is 1.68. The predicted octanol–water partition coefficient (Wildman–Crippen LogP) is 6.68. The van der Waals surface area contributed by atoms with E-state index in [2.05, 4.69) is 23.5 Å². The van der Waals surface area contributed by atoms with Crippen LogP contribution in [0.1, 0.15) is 51.0 Å². The van der Waals surface area contributed by atoms with E-state index < -0.39 is 0 Å². The van der Waals surface area contributed by atoms with E-state index >= 15 is 0 Å². The number of thiazole rings is 1. The fraction of sp³-hybridized carbons (Fsp3) is 0.400. The summed E-state index contributed by atoms with van der Waals surface area (Å²) in [7, 11) is 1.63. The average Bonchev–Trinajstić information content (AvgIpc) is 3.43. The van der Waals surface area contributed by atoms with Gasteiger partial charge in [0.1, 0.15) is 0 Å². The first kappa shape index (κ1) is 25.1. The largest absolute Gasteiger partial charge is 0.493 e. The van der Waals surface area contributed by atoms with E-state index in [0.29, 0.717) is 34.1 Å². The van der Waals surface area contributed by atoms with Crippen molar-refractivity contribution in [2.45, 2.75) is 45.4 Å². The first-order valence-corrected chi connectivity index (χ1v) is 13.0. The first-order valence-electron chi connectivity index (χ1n) is 11.3. The average molecular weight is 486 g/mol. The molecule has 1 aromatic carbocycles. The van der Waals surface area contributed by atoms with Crippen molar-refractivity contribution >= 4 is 45.4 Å². The number of nitrogens with zero attached hydrogens (tertiary/aromatic N) is 3. The van der Waals surface area contributed by atoms with Gasteiger partial charge in [-0.2, -0.15) is 4.99 Å². The van der Waals surface area contributed by atoms with Crippen LogP contribution in [0.3, 0.4) is 0 Å². The molecule has 0 atom stereocenters. The fourth-order valence-corrected chi connectivity index (χ4v) is 4.89. The summed E-state index contributed by atoms with van der Waals surface area (Å²) in [6, 6.07) is 5.73. The molecule has 2 heterocycles. The van der Waals surface area contributed by atoms with Gasteiger partial charge in [-0.3, -0.25) is 9.69 Å². The molecule has 1 aliphatic heterocycles. The van der Waals surface area contributed by atoms with Crippen LogP contribution >= 0.6 is 23.1 Å². The molecule has 176 valence electrons. The highest BCUT2D eigenvalue weighted by molar-refractivity contribution is 8.18. The Morgan fingerprint density at radius 1 is 1.18 bits per heavy atom. The Hall–Kier alpha value is -2.58. The maximum Gasteiger partial charge on any atom is 0.267 e. The molecule has 0 N–H and O–H groups in total. The first-order chi connectivity index (χ1) is 16.2. The van der Waals surface area contributed by atoms with Crippen LogP contribution in [-0.4, -0.2) is 41.2 Å². The standard InChI is InChI=1S/C25H31N3O3S2/c1-4-6-7-8-9-10-15-31-20-12-11-19(17-21(20)30-3)18-22-23(29)28(14-5-2)25(33-22)27-24-26-13-16-32-24/h5,11-13,16-18H,2,4,6-10,14-15H2,1,3H3/b22-18-,27-25+. The maximum atomic E-state index is 13.0. The van der Waals surface area contributed by atoms with Gasteiger partial charge in [0.25, 0.3) is 5.91 Å². The van der Waals surface area contributed by atoms with Crippen LogP contribution in [0.25, 0.3) is 6.08 Å². The van der Waals surface area contributed by atoms with E-state index in [-0.39, 0.29) is 5.91 Å². The normalized spacial score (nSPS) is 16.1. The lowest BCUT2D eigenvalue weighted by atomic mass is 10.1. The Labute approximate surface area is 204 Å². The molecule has 0 radical (unpaired) electrons. The molecule has 1 amide bonds. The third kappa shape index (κ3) is 7.20. The van der Waals surface area contributed by atoms with Crippen molar-refractivity contribution in [3.63, 3.8) is 0 Å². The van der Waals surface area contributed by atoms with E-state index in [1.165, 1.54) is 55.2 Å². The lowest BCUT2D eigenvalue weighted by molar-refractivity contribution is -0.121. The fourth-order valence-electron chi connectivity index (χ4n) is 3.34. The number of carbonyl (C=O) groups is 1. The zero-order chi connectivity index (χ0) is 23.5. The zero-order valence-electron chi connectivity index (χ0n) is 19.3. The Bertz CT molecular complexity index is 987. The second kappa shape index (κ2) is 13.2. The van der Waals surface area contributed by atoms with Crippen LogP contribution in [0.4, 0.5) is 5.13 Å². The molecule has 0 spiro atoms. The SMILES string of the molecule is C=CCN1C(=O)/C(=C/c2ccc(OCCCCCCCC)c(OC)c2)S/C1=N/c1nccs1. The number of carbonyl (C=O) groups excluding carboxylic acids is 1. The van der Waals surface area contributed by atoms with Crippen molar-refractivity contribution in [3.8, 4) is 11.5 Å². The third-order valence-corrected chi connectivity index (χ3v) is 6.72. The number of benzene rings is 1. The van der Waals surface area contributed by atoms with E-state index in [9.17, 15) is 4.79 Å². The molecule has 8 heteroatoms. The van der Waals surface area contributed by atoms with Gasteiger partial charge in [-0.1, -0.05) is 51.2 Å². The number of methoxy groups -OCH3 is 1. The summed E-state index contributed by atoms with van der Waals surface area (Å²) in [5.74, 6) is 1.28. The number of amides is 1. The third-order valence-electron chi connectivity index (χ3n) is 5.05. The summed E-state index contributed by atoms with van der Waals surface area (Å²) < 4.78 is 11.5. The van der Waals surface area contributed by atoms with Gasteiger partial charge in [-0.15, -0.1) is 17.9 Å². The number of hydrogen-bond donors (Lipinski definition) is 0. The quantitative estimate of drug-likeness (QED) is 0.180. The van der Waals surface area contributed by atoms with Gasteiger partial charge in [0.15, 0.2) is 16.7 Å². The van der Waals surface area contributed by atoms with Gasteiger partial charge < -0.3 is 9.47 Å². The Morgan fingerprint density at radius 2 is 2.00 bits per heavy atom. The van der Waals surface area contributed by atoms with E-state index in [1.807, 2.05) is 29.7 Å². The molecule has 0 saturated carbocycles. The second-order valence-corrected chi connectivity index (χ2v) is 9.43. The number of hydrogen-bond acceptors (Lipinski definition) is 7. The van der Waals surface area contributed by atoms with Crippen LogP contribution in [0.15, 0.2) is 52.3 Å². The number of aromatic nitrogens is 1. The van der Waals surface area contributed by atoms with Gasteiger partial charge in [0.2, 0.25) is 5.13 Å². The minimum atomic E-state index is -0.0995. The predicted molar refractivity (Wildman–Crippen MR) is 139 cm³/mol. The molecule has 33 heavy (non-hydrogen) atoms. The highest BCUT2D eigenvalue weighted by Crippen LogP contribution is 2.36. The van der Waals surface area contributed by atoms with Crippen molar-refractivity contribution < 1.29 is 14.3 Å². The van der Waals surface area contributed by atoms with E-state index in [0.717, 1.165) is 17.7 Å². The summed E-state index contributed by atoms with van der Waals surface area (Å²) in [5, 5.41) is 3.08. The molecule has 1 aromatic heterocycles. The number of ether oxygens (including phenoxy) is 2. The van der Waals surface area contributed by atoms with Gasteiger partial charge in [-0.05, 0) is 42.0 Å². The van der Waals surface area contributed by atoms with Crippen LogP contribution in [0, 0.1) is 0 Å². The molecule has 1 aliphatic rings. The van der Waals surface area contributed by atoms with Crippen molar-refractivity contribution in [2.75, 3.05) is 20.3 Å². The lowest BCUT2D eigenvalue weighted by Crippen LogP contribution is -2.29. The van der Waals surface area contributed by atoms with Gasteiger partial charge in [0.05, 0.1) is 18.6 Å². The van der Waals surface area contributed by atoms with Crippen molar-refractivity contribution in [2.24, 2.45) is 4.99 Å². The molecule has 0 bridgehead atoms. The Morgan fingerprint density at radius 3 is 2.73 bits per heavy atom. The Kier molecular flexibility index (Phi) is 10.0. The minimum absolute atomic E-state index is 0.0995. The summed E-state index contributed by atoms with van der Waals surface area (Å²) in [4.78, 5) is 23.9. The molecule has 2 aromatic rings. The summed E-state index contributed by atoms with van der Waals surface area (Å²) in [5.41, 5.74) is 0.865. The molecule has 3 rings (SSSR count). The smallest absolute Gasteiger partial charge is 0.267 e. The van der Waals surface area contributed by atoms with Crippen molar-refractivity contribution in [1.29, 1.82) is 0 Å². The molecular formula is C25H31N3O3S2. The van der Waals surface area contributed by atoms with Gasteiger partial charge in [0, 0.05) is 18.1 Å². The number of thioether (sulfide) groups is 1. The maximum absolute atomic E-state index is 13.0. The molecular weight excluding hydrogens is 454 g/mol. The van der Waals surface area contributed by atoms with Crippen LogP contribution in [0.2, 0.25) is 0 Å². The molecule has 6 nitrogen and oxygen atoms in total. The van der Waals surface area contributed by atoms with E-state index in [1.54, 1.807) is 24.3 Å². The van der Waals surface area contributed by atoms with Gasteiger partial charge in [-0.25, -0.2) is 4.98 Å². The summed E-state index contributed by atoms with van der Waals surface area (Å²) >= 11 is 2.77. The highest BCUT2D eigenvalue weighted by Gasteiger charge is 2.32. The molecule has 0 aliphatic carbocycles.